The first-order chi connectivity index (χ1) is 20.9. The summed E-state index contributed by atoms with van der Waals surface area (Å²) in [4.78, 5) is 2.41. The van der Waals surface area contributed by atoms with Crippen LogP contribution in [0.3, 0.4) is 0 Å². The van der Waals surface area contributed by atoms with Gasteiger partial charge in [0.1, 0.15) is 0 Å². The Kier molecular flexibility index (Phi) is 5.59. The van der Waals surface area contributed by atoms with Crippen LogP contribution < -0.4 is 4.90 Å². The molecule has 2 aliphatic rings. The van der Waals surface area contributed by atoms with Crippen LogP contribution in [0.5, 0.6) is 0 Å². The van der Waals surface area contributed by atoms with Crippen molar-refractivity contribution in [2.75, 3.05) is 4.90 Å². The Morgan fingerprint density at radius 2 is 0.907 bits per heavy atom. The van der Waals surface area contributed by atoms with Crippen molar-refractivity contribution < 1.29 is 0 Å². The lowest BCUT2D eigenvalue weighted by atomic mass is 9.79. The molecule has 43 heavy (non-hydrogen) atoms. The number of anilines is 3. The summed E-state index contributed by atoms with van der Waals surface area (Å²) in [5, 5.41) is 0. The highest BCUT2D eigenvalue weighted by molar-refractivity contribution is 5.90. The minimum Gasteiger partial charge on any atom is -0.310 e. The summed E-state index contributed by atoms with van der Waals surface area (Å²) < 4.78 is 0. The fraction of sp³-hybridized carbons (Fsp3) is 0.143. The van der Waals surface area contributed by atoms with E-state index in [1.54, 1.807) is 0 Å². The second kappa shape index (κ2) is 9.31. The monoisotopic (exact) mass is 553 g/mol. The maximum atomic E-state index is 2.41. The van der Waals surface area contributed by atoms with E-state index in [4.69, 9.17) is 0 Å². The van der Waals surface area contributed by atoms with Crippen LogP contribution in [0, 0.1) is 0 Å². The number of hydrogen-bond donors (Lipinski definition) is 0. The Balaban J connectivity index is 1.29. The van der Waals surface area contributed by atoms with Crippen LogP contribution >= 0.6 is 0 Å². The molecule has 8 rings (SSSR count). The second-order valence-electron chi connectivity index (χ2n) is 13.0. The van der Waals surface area contributed by atoms with E-state index in [1.165, 1.54) is 61.3 Å². The minimum atomic E-state index is -0.0712. The minimum absolute atomic E-state index is 0.0582. The molecule has 1 heteroatoms. The van der Waals surface area contributed by atoms with Crippen molar-refractivity contribution in [3.05, 3.63) is 162 Å². The summed E-state index contributed by atoms with van der Waals surface area (Å²) in [5.74, 6) is 0. The first kappa shape index (κ1) is 25.8. The van der Waals surface area contributed by atoms with Gasteiger partial charge in [-0.1, -0.05) is 131 Å². The van der Waals surface area contributed by atoms with Crippen molar-refractivity contribution in [1.82, 2.24) is 0 Å². The molecule has 0 spiro atoms. The van der Waals surface area contributed by atoms with Crippen molar-refractivity contribution in [3.63, 3.8) is 0 Å². The number of fused-ring (bicyclic) bond motifs is 6. The van der Waals surface area contributed by atoms with Gasteiger partial charge in [-0.05, 0) is 92.0 Å². The molecule has 0 bridgehead atoms. The third-order valence-corrected chi connectivity index (χ3v) is 9.84. The van der Waals surface area contributed by atoms with E-state index >= 15 is 0 Å². The summed E-state index contributed by atoms with van der Waals surface area (Å²) in [6, 6.07) is 51.4. The molecule has 0 saturated heterocycles. The highest BCUT2D eigenvalue weighted by Crippen LogP contribution is 2.53. The third-order valence-electron chi connectivity index (χ3n) is 9.84. The van der Waals surface area contributed by atoms with E-state index < -0.39 is 0 Å². The van der Waals surface area contributed by atoms with Gasteiger partial charge in [0.25, 0.3) is 0 Å². The SMILES string of the molecule is CC1(C)c2ccccc2-c2ccc(N(c3ccccc3)c3cccc(-c4cccc5c4C(C)(C)c4ccccc4-5)c3)cc21. The van der Waals surface area contributed by atoms with Crippen LogP contribution in [0.15, 0.2) is 140 Å². The molecule has 0 aromatic heterocycles. The molecule has 0 amide bonds. The van der Waals surface area contributed by atoms with Gasteiger partial charge >= 0.3 is 0 Å². The highest BCUT2D eigenvalue weighted by Gasteiger charge is 2.38. The Morgan fingerprint density at radius 1 is 0.372 bits per heavy atom. The average molecular weight is 554 g/mol. The summed E-state index contributed by atoms with van der Waals surface area (Å²) in [5.41, 5.74) is 16.9. The number of nitrogens with zero attached hydrogens (tertiary/aromatic N) is 1. The van der Waals surface area contributed by atoms with Crippen LogP contribution in [-0.4, -0.2) is 0 Å². The third kappa shape index (κ3) is 3.78. The first-order valence-electron chi connectivity index (χ1n) is 15.3. The molecule has 0 atom stereocenters. The van der Waals surface area contributed by atoms with Crippen LogP contribution in [-0.2, 0) is 10.8 Å². The first-order valence-corrected chi connectivity index (χ1v) is 15.3. The van der Waals surface area contributed by atoms with Crippen LogP contribution in [0.1, 0.15) is 49.9 Å². The molecule has 6 aromatic rings. The number of benzene rings is 6. The standard InChI is InChI=1S/C42H35N/c1-41(2)37-22-10-8-18-33(37)35-25-24-31(27-39(35)41)43(29-15-6-5-7-16-29)30-17-12-14-28(26-30)32-20-13-21-36-34-19-9-11-23-38(34)42(3,4)40(32)36/h5-27H,1-4H3. The number of hydrogen-bond acceptors (Lipinski definition) is 1. The molecule has 2 aliphatic carbocycles. The topological polar surface area (TPSA) is 3.24 Å². The number of rotatable bonds is 4. The van der Waals surface area contributed by atoms with Crippen LogP contribution in [0.2, 0.25) is 0 Å². The van der Waals surface area contributed by atoms with Gasteiger partial charge in [-0.25, -0.2) is 0 Å². The Bertz CT molecular complexity index is 2030. The molecule has 0 N–H and O–H groups in total. The Hall–Kier alpha value is -4.88. The van der Waals surface area contributed by atoms with Gasteiger partial charge in [0.15, 0.2) is 0 Å². The predicted molar refractivity (Wildman–Crippen MR) is 182 cm³/mol. The molecule has 0 radical (unpaired) electrons. The molecule has 208 valence electrons. The number of para-hydroxylation sites is 1. The van der Waals surface area contributed by atoms with Crippen molar-refractivity contribution in [1.29, 1.82) is 0 Å². The molecule has 0 unspecified atom stereocenters. The summed E-state index contributed by atoms with van der Waals surface area (Å²) in [7, 11) is 0. The van der Waals surface area contributed by atoms with E-state index in [-0.39, 0.29) is 10.8 Å². The smallest absolute Gasteiger partial charge is 0.0467 e. The maximum absolute atomic E-state index is 2.41. The van der Waals surface area contributed by atoms with E-state index in [1.807, 2.05) is 0 Å². The molecule has 0 aliphatic heterocycles. The quantitative estimate of drug-likeness (QED) is 0.210. The average Bonchev–Trinajstić information content (AvgIpc) is 3.42. The fourth-order valence-electron chi connectivity index (χ4n) is 7.76. The lowest BCUT2D eigenvalue weighted by Crippen LogP contribution is -2.17. The normalized spacial score (nSPS) is 14.9. The summed E-state index contributed by atoms with van der Waals surface area (Å²) in [6.07, 6.45) is 0. The molecule has 0 fully saturated rings. The van der Waals surface area contributed by atoms with E-state index in [0.717, 1.165) is 11.4 Å². The summed E-state index contributed by atoms with van der Waals surface area (Å²) in [6.45, 7) is 9.44. The van der Waals surface area contributed by atoms with Gasteiger partial charge in [0.2, 0.25) is 0 Å². The summed E-state index contributed by atoms with van der Waals surface area (Å²) >= 11 is 0. The molecular formula is C42H35N. The van der Waals surface area contributed by atoms with Gasteiger partial charge in [0, 0.05) is 27.9 Å². The van der Waals surface area contributed by atoms with Gasteiger partial charge in [-0.3, -0.25) is 0 Å². The molecule has 1 nitrogen and oxygen atoms in total. The fourth-order valence-corrected chi connectivity index (χ4v) is 7.76. The van der Waals surface area contributed by atoms with Crippen molar-refractivity contribution in [2.45, 2.75) is 38.5 Å². The molecule has 0 saturated carbocycles. The predicted octanol–water partition coefficient (Wildman–Crippen LogP) is 11.4. The maximum Gasteiger partial charge on any atom is 0.0467 e. The van der Waals surface area contributed by atoms with Crippen molar-refractivity contribution in [3.8, 4) is 33.4 Å². The lowest BCUT2D eigenvalue weighted by molar-refractivity contribution is 0.660. The zero-order valence-corrected chi connectivity index (χ0v) is 25.2. The second-order valence-corrected chi connectivity index (χ2v) is 13.0. The Morgan fingerprint density at radius 3 is 1.67 bits per heavy atom. The van der Waals surface area contributed by atoms with Gasteiger partial charge in [-0.2, -0.15) is 0 Å². The molecule has 0 heterocycles. The van der Waals surface area contributed by atoms with E-state index in [0.29, 0.717) is 0 Å². The van der Waals surface area contributed by atoms with Crippen LogP contribution in [0.25, 0.3) is 33.4 Å². The van der Waals surface area contributed by atoms with Gasteiger partial charge in [0.05, 0.1) is 0 Å². The van der Waals surface area contributed by atoms with Crippen LogP contribution in [0.4, 0.5) is 17.1 Å². The molecular weight excluding hydrogens is 518 g/mol. The zero-order valence-electron chi connectivity index (χ0n) is 25.2. The van der Waals surface area contributed by atoms with Gasteiger partial charge < -0.3 is 4.90 Å². The largest absolute Gasteiger partial charge is 0.310 e. The highest BCUT2D eigenvalue weighted by atomic mass is 15.1. The Labute approximate surface area is 255 Å². The van der Waals surface area contributed by atoms with Crippen molar-refractivity contribution in [2.24, 2.45) is 0 Å². The van der Waals surface area contributed by atoms with Gasteiger partial charge in [-0.15, -0.1) is 0 Å². The lowest BCUT2D eigenvalue weighted by Gasteiger charge is -2.29. The van der Waals surface area contributed by atoms with Crippen molar-refractivity contribution >= 4 is 17.1 Å². The van der Waals surface area contributed by atoms with E-state index in [2.05, 4.69) is 172 Å². The zero-order chi connectivity index (χ0) is 29.3. The molecule has 6 aromatic carbocycles. The van der Waals surface area contributed by atoms with E-state index in [9.17, 15) is 0 Å².